The lowest BCUT2D eigenvalue weighted by Crippen LogP contribution is -2.39. The van der Waals surface area contributed by atoms with Gasteiger partial charge in [0.2, 0.25) is 5.75 Å². The number of nitrogens with zero attached hydrogens (tertiary/aromatic N) is 1. The summed E-state index contributed by atoms with van der Waals surface area (Å²) in [6, 6.07) is 9.99. The molecule has 0 saturated carbocycles. The number of carbonyl (C=O) groups is 3. The first-order chi connectivity index (χ1) is 19.4. The molecule has 1 unspecified atom stereocenters. The number of fused-ring (bicyclic) bond motifs is 3. The van der Waals surface area contributed by atoms with Crippen molar-refractivity contribution in [2.45, 2.75) is 26.1 Å². The predicted octanol–water partition coefficient (Wildman–Crippen LogP) is 4.36. The number of thiophene rings is 1. The van der Waals surface area contributed by atoms with E-state index in [2.05, 4.69) is 10.6 Å². The molecule has 0 bridgehead atoms. The van der Waals surface area contributed by atoms with Gasteiger partial charge in [0.1, 0.15) is 16.9 Å². The Morgan fingerprint density at radius 2 is 1.75 bits per heavy atom. The summed E-state index contributed by atoms with van der Waals surface area (Å²) >= 11 is 1.44. The Morgan fingerprint density at radius 3 is 2.42 bits per heavy atom. The van der Waals surface area contributed by atoms with E-state index in [1.54, 1.807) is 36.1 Å². The lowest BCUT2D eigenvalue weighted by atomic mass is 10.0. The number of rotatable bonds is 7. The normalized spacial score (nSPS) is 15.7. The summed E-state index contributed by atoms with van der Waals surface area (Å²) in [5, 5.41) is 7.07. The average Bonchev–Trinajstić information content (AvgIpc) is 3.34. The van der Waals surface area contributed by atoms with Crippen LogP contribution in [0.2, 0.25) is 0 Å². The van der Waals surface area contributed by atoms with Crippen molar-refractivity contribution in [2.75, 3.05) is 39.8 Å². The van der Waals surface area contributed by atoms with Gasteiger partial charge in [-0.15, -0.1) is 11.3 Å². The van der Waals surface area contributed by atoms with Crippen LogP contribution in [-0.2, 0) is 17.7 Å². The van der Waals surface area contributed by atoms with Crippen molar-refractivity contribution in [3.63, 3.8) is 0 Å². The molecular formula is C28H29N3O8S. The molecule has 0 saturated heterocycles. The number of hydrogen-bond acceptors (Lipinski definition) is 10. The van der Waals surface area contributed by atoms with Gasteiger partial charge in [-0.3, -0.25) is 4.79 Å². The van der Waals surface area contributed by atoms with E-state index in [-0.39, 0.29) is 23.3 Å². The number of esters is 1. The highest BCUT2D eigenvalue weighted by Gasteiger charge is 2.35. The third-order valence-corrected chi connectivity index (χ3v) is 7.84. The van der Waals surface area contributed by atoms with Crippen molar-refractivity contribution >= 4 is 34.3 Å². The second-order valence-corrected chi connectivity index (χ2v) is 10.1. The van der Waals surface area contributed by atoms with Gasteiger partial charge in [-0.1, -0.05) is 18.2 Å². The zero-order valence-corrected chi connectivity index (χ0v) is 23.3. The van der Waals surface area contributed by atoms with Crippen LogP contribution in [0.25, 0.3) is 0 Å². The highest BCUT2D eigenvalue weighted by atomic mass is 32.1. The largest absolute Gasteiger partial charge is 0.493 e. The summed E-state index contributed by atoms with van der Waals surface area (Å²) in [7, 11) is 4.40. The summed E-state index contributed by atoms with van der Waals surface area (Å²) in [4.78, 5) is 41.3. The molecule has 2 amide bonds. The summed E-state index contributed by atoms with van der Waals surface area (Å²) in [5.74, 6) is 0.401. The minimum atomic E-state index is -0.648. The number of nitrogens with one attached hydrogen (secondary N) is 2. The second-order valence-electron chi connectivity index (χ2n) is 8.97. The van der Waals surface area contributed by atoms with Crippen LogP contribution in [0.4, 0.5) is 9.80 Å². The molecule has 2 aliphatic rings. The number of para-hydroxylation sites is 1. The minimum Gasteiger partial charge on any atom is -0.493 e. The Kier molecular flexibility index (Phi) is 7.69. The molecule has 2 N–H and O–H groups in total. The first kappa shape index (κ1) is 27.1. The van der Waals surface area contributed by atoms with Crippen LogP contribution in [0.5, 0.6) is 23.0 Å². The average molecular weight is 568 g/mol. The molecule has 0 aliphatic carbocycles. The van der Waals surface area contributed by atoms with E-state index in [1.807, 2.05) is 0 Å². The van der Waals surface area contributed by atoms with Crippen LogP contribution in [0.15, 0.2) is 36.4 Å². The van der Waals surface area contributed by atoms with Crippen LogP contribution in [-0.4, -0.2) is 57.4 Å². The molecular weight excluding hydrogens is 538 g/mol. The summed E-state index contributed by atoms with van der Waals surface area (Å²) in [5.41, 5.74) is 2.30. The van der Waals surface area contributed by atoms with E-state index in [0.717, 1.165) is 10.4 Å². The Bertz CT molecular complexity index is 1440. The van der Waals surface area contributed by atoms with Gasteiger partial charge < -0.3 is 39.2 Å². The maximum absolute atomic E-state index is 13.3. The summed E-state index contributed by atoms with van der Waals surface area (Å²) in [6.45, 7) is 2.93. The quantitative estimate of drug-likeness (QED) is 0.316. The SMILES string of the molecule is CCOC(=O)N1CCc2c(sc3c2C(=O)NC(c2ccccc2OC(=O)c2cc(OC)c(OC)c(OC)c2)N3)C1. The number of hydrogen-bond donors (Lipinski definition) is 2. The van der Waals surface area contributed by atoms with Crippen molar-refractivity contribution in [1.29, 1.82) is 0 Å². The number of benzene rings is 2. The highest BCUT2D eigenvalue weighted by Crippen LogP contribution is 2.42. The molecule has 210 valence electrons. The van der Waals surface area contributed by atoms with E-state index in [4.69, 9.17) is 23.7 Å². The molecule has 1 aromatic heterocycles. The zero-order chi connectivity index (χ0) is 28.4. The maximum Gasteiger partial charge on any atom is 0.410 e. The Labute approximate surface area is 234 Å². The van der Waals surface area contributed by atoms with Crippen molar-refractivity contribution in [3.8, 4) is 23.0 Å². The number of amides is 2. The number of carbonyl (C=O) groups excluding carboxylic acids is 3. The highest BCUT2D eigenvalue weighted by molar-refractivity contribution is 7.16. The topological polar surface area (TPSA) is 125 Å². The molecule has 3 heterocycles. The number of ether oxygens (including phenoxy) is 5. The zero-order valence-electron chi connectivity index (χ0n) is 22.5. The molecule has 2 aromatic carbocycles. The van der Waals surface area contributed by atoms with Crippen LogP contribution in [0.3, 0.4) is 0 Å². The molecule has 5 rings (SSSR count). The Morgan fingerprint density at radius 1 is 1.02 bits per heavy atom. The smallest absolute Gasteiger partial charge is 0.410 e. The molecule has 40 heavy (non-hydrogen) atoms. The van der Waals surface area contributed by atoms with Gasteiger partial charge in [-0.25, -0.2) is 9.59 Å². The Balaban J connectivity index is 1.39. The van der Waals surface area contributed by atoms with Gasteiger partial charge >= 0.3 is 12.1 Å². The monoisotopic (exact) mass is 567 g/mol. The van der Waals surface area contributed by atoms with Crippen LogP contribution in [0, 0.1) is 0 Å². The second kappa shape index (κ2) is 11.3. The van der Waals surface area contributed by atoms with Crippen molar-refractivity contribution in [3.05, 3.63) is 63.5 Å². The molecule has 0 fully saturated rings. The lowest BCUT2D eigenvalue weighted by Gasteiger charge is -2.28. The van der Waals surface area contributed by atoms with Gasteiger partial charge in [0.25, 0.3) is 5.91 Å². The van der Waals surface area contributed by atoms with E-state index in [9.17, 15) is 14.4 Å². The molecule has 1 atom stereocenters. The van der Waals surface area contributed by atoms with Gasteiger partial charge in [0.05, 0.1) is 45.6 Å². The number of methoxy groups -OCH3 is 3. The lowest BCUT2D eigenvalue weighted by molar-refractivity contribution is 0.0731. The molecule has 0 spiro atoms. The predicted molar refractivity (Wildman–Crippen MR) is 147 cm³/mol. The molecule has 0 radical (unpaired) electrons. The van der Waals surface area contributed by atoms with E-state index in [0.29, 0.717) is 59.5 Å². The molecule has 2 aliphatic heterocycles. The molecule has 3 aromatic rings. The van der Waals surface area contributed by atoms with Gasteiger partial charge in [0.15, 0.2) is 11.5 Å². The van der Waals surface area contributed by atoms with Crippen molar-refractivity contribution in [1.82, 2.24) is 10.2 Å². The summed E-state index contributed by atoms with van der Waals surface area (Å²) < 4.78 is 27.0. The fraction of sp³-hybridized carbons (Fsp3) is 0.321. The minimum absolute atomic E-state index is 0.198. The van der Waals surface area contributed by atoms with E-state index in [1.165, 1.54) is 44.8 Å². The van der Waals surface area contributed by atoms with Gasteiger partial charge in [-0.2, -0.15) is 0 Å². The maximum atomic E-state index is 13.3. The van der Waals surface area contributed by atoms with Gasteiger partial charge in [-0.05, 0) is 37.1 Å². The van der Waals surface area contributed by atoms with Gasteiger partial charge in [0, 0.05) is 17.0 Å². The molecule has 12 heteroatoms. The van der Waals surface area contributed by atoms with Crippen LogP contribution in [0.1, 0.15) is 49.8 Å². The third-order valence-electron chi connectivity index (χ3n) is 6.69. The van der Waals surface area contributed by atoms with E-state index >= 15 is 0 Å². The Hall–Kier alpha value is -4.45. The first-order valence-electron chi connectivity index (χ1n) is 12.6. The molecule has 11 nitrogen and oxygen atoms in total. The fourth-order valence-corrected chi connectivity index (χ4v) is 6.10. The fourth-order valence-electron chi connectivity index (χ4n) is 4.81. The van der Waals surface area contributed by atoms with E-state index < -0.39 is 12.1 Å². The standard InChI is InChI=1S/C28H29N3O8S/c1-5-38-28(34)31-11-10-17-21(14-31)40-26-22(17)25(32)29-24(30-26)16-8-6-7-9-18(16)39-27(33)15-12-19(35-2)23(37-4)20(13-15)36-3/h6-9,12-13,24,30H,5,10-11,14H2,1-4H3,(H,29,32). The summed E-state index contributed by atoms with van der Waals surface area (Å²) in [6.07, 6.45) is -0.453. The van der Waals surface area contributed by atoms with Crippen LogP contribution >= 0.6 is 11.3 Å². The van der Waals surface area contributed by atoms with Crippen molar-refractivity contribution < 1.29 is 38.1 Å². The first-order valence-corrected chi connectivity index (χ1v) is 13.4. The van der Waals surface area contributed by atoms with Crippen LogP contribution < -0.4 is 29.6 Å². The third kappa shape index (κ3) is 4.97. The van der Waals surface area contributed by atoms with Crippen molar-refractivity contribution in [2.24, 2.45) is 0 Å². The number of anilines is 1.